The van der Waals surface area contributed by atoms with Crippen molar-refractivity contribution in [1.82, 2.24) is 25.1 Å². The first-order valence-electron chi connectivity index (χ1n) is 10.4. The second-order valence-corrected chi connectivity index (χ2v) is 8.03. The van der Waals surface area contributed by atoms with Gasteiger partial charge in [-0.3, -0.25) is 10.1 Å². The SMILES string of the molecule is Cc1ccncc1-c1cnc2n[nH]c(-c3cc4c(-c5cc(O)cc(F)c5)cccc4[nH]3)c2c1. The Labute approximate surface area is 187 Å². The maximum absolute atomic E-state index is 13.9. The van der Waals surface area contributed by atoms with E-state index in [4.69, 9.17) is 0 Å². The lowest BCUT2D eigenvalue weighted by molar-refractivity contribution is 0.469. The van der Waals surface area contributed by atoms with Crippen molar-refractivity contribution < 1.29 is 9.50 Å². The smallest absolute Gasteiger partial charge is 0.181 e. The standard InChI is InChI=1S/C26H18FN5O/c1-14-5-6-28-13-22(14)16-9-21-25(31-32-26(21)29-12-16)24-11-20-19(3-2-4-23(20)30-24)15-7-17(27)10-18(33)8-15/h2-13,30,33H,1H3,(H,29,31,32). The van der Waals surface area contributed by atoms with Crippen LogP contribution < -0.4 is 0 Å². The number of halogens is 1. The number of H-pyrrole nitrogens is 2. The Morgan fingerprint density at radius 3 is 2.67 bits per heavy atom. The average molecular weight is 435 g/mol. The number of aromatic nitrogens is 5. The summed E-state index contributed by atoms with van der Waals surface area (Å²) in [4.78, 5) is 12.2. The van der Waals surface area contributed by atoms with Crippen LogP contribution in [0.4, 0.5) is 4.39 Å². The molecule has 0 aliphatic heterocycles. The molecule has 4 heterocycles. The van der Waals surface area contributed by atoms with Crippen LogP contribution in [0.25, 0.3) is 55.6 Å². The van der Waals surface area contributed by atoms with Gasteiger partial charge >= 0.3 is 0 Å². The zero-order chi connectivity index (χ0) is 22.5. The van der Waals surface area contributed by atoms with Crippen molar-refractivity contribution in [3.63, 3.8) is 0 Å². The number of aryl methyl sites for hydroxylation is 1. The first kappa shape index (κ1) is 19.2. The fourth-order valence-corrected chi connectivity index (χ4v) is 4.29. The van der Waals surface area contributed by atoms with Gasteiger partial charge in [0, 0.05) is 52.1 Å². The van der Waals surface area contributed by atoms with Crippen LogP contribution in [-0.2, 0) is 0 Å². The minimum Gasteiger partial charge on any atom is -0.508 e. The number of hydrogen-bond donors (Lipinski definition) is 3. The highest BCUT2D eigenvalue weighted by Gasteiger charge is 2.15. The van der Waals surface area contributed by atoms with Gasteiger partial charge in [0.25, 0.3) is 0 Å². The summed E-state index contributed by atoms with van der Waals surface area (Å²) < 4.78 is 13.9. The van der Waals surface area contributed by atoms with Crippen molar-refractivity contribution in [2.75, 3.05) is 0 Å². The van der Waals surface area contributed by atoms with Gasteiger partial charge in [0.15, 0.2) is 5.65 Å². The molecule has 0 bridgehead atoms. The fourth-order valence-electron chi connectivity index (χ4n) is 4.29. The minimum absolute atomic E-state index is 0.110. The summed E-state index contributed by atoms with van der Waals surface area (Å²) in [7, 11) is 0. The summed E-state index contributed by atoms with van der Waals surface area (Å²) in [6.07, 6.45) is 5.41. The van der Waals surface area contributed by atoms with E-state index in [1.54, 1.807) is 18.5 Å². The molecule has 6 rings (SSSR count). The molecule has 0 unspecified atom stereocenters. The summed E-state index contributed by atoms with van der Waals surface area (Å²) >= 11 is 0. The largest absolute Gasteiger partial charge is 0.508 e. The summed E-state index contributed by atoms with van der Waals surface area (Å²) in [5.74, 6) is -0.594. The lowest BCUT2D eigenvalue weighted by atomic mass is 10.0. The Morgan fingerprint density at radius 2 is 1.82 bits per heavy atom. The number of hydrogen-bond acceptors (Lipinski definition) is 4. The molecule has 0 spiro atoms. The molecule has 0 fully saturated rings. The maximum Gasteiger partial charge on any atom is 0.181 e. The van der Waals surface area contributed by atoms with Crippen LogP contribution in [0, 0.1) is 12.7 Å². The summed E-state index contributed by atoms with van der Waals surface area (Å²) in [5.41, 5.74) is 7.67. The molecule has 4 aromatic heterocycles. The number of nitrogens with one attached hydrogen (secondary N) is 2. The van der Waals surface area contributed by atoms with E-state index in [9.17, 15) is 9.50 Å². The lowest BCUT2D eigenvalue weighted by Crippen LogP contribution is -1.87. The van der Waals surface area contributed by atoms with E-state index in [-0.39, 0.29) is 5.75 Å². The zero-order valence-electron chi connectivity index (χ0n) is 17.6. The highest BCUT2D eigenvalue weighted by atomic mass is 19.1. The van der Waals surface area contributed by atoms with Gasteiger partial charge in [-0.1, -0.05) is 12.1 Å². The normalized spacial score (nSPS) is 11.5. The quantitative estimate of drug-likeness (QED) is 0.319. The van der Waals surface area contributed by atoms with Crippen LogP contribution in [0.3, 0.4) is 0 Å². The van der Waals surface area contributed by atoms with E-state index in [0.717, 1.165) is 56.0 Å². The molecule has 6 aromatic rings. The molecule has 7 heteroatoms. The number of aromatic hydroxyl groups is 1. The predicted molar refractivity (Wildman–Crippen MR) is 126 cm³/mol. The monoisotopic (exact) mass is 435 g/mol. The number of phenols is 1. The summed E-state index contributed by atoms with van der Waals surface area (Å²) in [6, 6.07) is 15.9. The Balaban J connectivity index is 1.52. The Bertz CT molecular complexity index is 1650. The number of pyridine rings is 2. The number of fused-ring (bicyclic) bond motifs is 2. The first-order chi connectivity index (χ1) is 16.1. The summed E-state index contributed by atoms with van der Waals surface area (Å²) in [6.45, 7) is 2.04. The molecular weight excluding hydrogens is 417 g/mol. The molecule has 0 aliphatic rings. The Hall–Kier alpha value is -4.52. The van der Waals surface area contributed by atoms with E-state index in [1.165, 1.54) is 6.07 Å². The third kappa shape index (κ3) is 3.22. The van der Waals surface area contributed by atoms with E-state index >= 15 is 0 Å². The van der Waals surface area contributed by atoms with E-state index < -0.39 is 5.82 Å². The van der Waals surface area contributed by atoms with Crippen molar-refractivity contribution in [3.8, 4) is 39.4 Å². The zero-order valence-corrected chi connectivity index (χ0v) is 17.6. The van der Waals surface area contributed by atoms with Crippen LogP contribution >= 0.6 is 0 Å². The van der Waals surface area contributed by atoms with E-state index in [0.29, 0.717) is 11.2 Å². The molecule has 160 valence electrons. The van der Waals surface area contributed by atoms with Gasteiger partial charge in [-0.2, -0.15) is 5.10 Å². The number of phenolic OH excluding ortho intramolecular Hbond substituents is 1. The van der Waals surface area contributed by atoms with Crippen molar-refractivity contribution in [2.24, 2.45) is 0 Å². The van der Waals surface area contributed by atoms with Gasteiger partial charge in [0.05, 0.1) is 11.4 Å². The third-order valence-corrected chi connectivity index (χ3v) is 5.89. The van der Waals surface area contributed by atoms with Crippen LogP contribution in [0.5, 0.6) is 5.75 Å². The molecule has 0 atom stereocenters. The molecule has 0 radical (unpaired) electrons. The topological polar surface area (TPSA) is 90.5 Å². The number of aromatic amines is 2. The Morgan fingerprint density at radius 1 is 0.909 bits per heavy atom. The van der Waals surface area contributed by atoms with Crippen LogP contribution in [-0.4, -0.2) is 30.3 Å². The maximum atomic E-state index is 13.9. The Kier molecular flexibility index (Phi) is 4.23. The predicted octanol–water partition coefficient (Wildman–Crippen LogP) is 5.99. The molecule has 2 aromatic carbocycles. The van der Waals surface area contributed by atoms with E-state index in [2.05, 4.69) is 31.2 Å². The van der Waals surface area contributed by atoms with Crippen molar-refractivity contribution >= 4 is 21.9 Å². The van der Waals surface area contributed by atoms with E-state index in [1.807, 2.05) is 43.5 Å². The molecule has 6 nitrogen and oxygen atoms in total. The molecule has 0 saturated heterocycles. The highest BCUT2D eigenvalue weighted by molar-refractivity contribution is 6.01. The van der Waals surface area contributed by atoms with Crippen LogP contribution in [0.1, 0.15) is 5.56 Å². The molecule has 33 heavy (non-hydrogen) atoms. The number of nitrogens with zero attached hydrogens (tertiary/aromatic N) is 3. The van der Waals surface area contributed by atoms with Gasteiger partial charge in [-0.05, 0) is 60.0 Å². The molecule has 0 saturated carbocycles. The van der Waals surface area contributed by atoms with Gasteiger partial charge in [-0.25, -0.2) is 9.37 Å². The van der Waals surface area contributed by atoms with Gasteiger partial charge in [0.2, 0.25) is 0 Å². The van der Waals surface area contributed by atoms with Crippen LogP contribution in [0.2, 0.25) is 0 Å². The first-order valence-corrected chi connectivity index (χ1v) is 10.4. The second kappa shape index (κ2) is 7.27. The average Bonchev–Trinajstić information content (AvgIpc) is 3.42. The molecular formula is C26H18FN5O. The molecule has 0 amide bonds. The summed E-state index contributed by atoms with van der Waals surface area (Å²) in [5, 5.41) is 19.1. The van der Waals surface area contributed by atoms with Crippen molar-refractivity contribution in [3.05, 3.63) is 84.6 Å². The lowest BCUT2D eigenvalue weighted by Gasteiger charge is -2.05. The minimum atomic E-state index is -0.485. The highest BCUT2D eigenvalue weighted by Crippen LogP contribution is 2.36. The number of benzene rings is 2. The number of rotatable bonds is 3. The van der Waals surface area contributed by atoms with Crippen molar-refractivity contribution in [2.45, 2.75) is 6.92 Å². The van der Waals surface area contributed by atoms with Crippen LogP contribution in [0.15, 0.2) is 73.2 Å². The van der Waals surface area contributed by atoms with Gasteiger partial charge in [0.1, 0.15) is 11.6 Å². The van der Waals surface area contributed by atoms with Crippen molar-refractivity contribution in [1.29, 1.82) is 0 Å². The fraction of sp³-hybridized carbons (Fsp3) is 0.0385. The second-order valence-electron chi connectivity index (χ2n) is 8.03. The molecule has 3 N–H and O–H groups in total. The third-order valence-electron chi connectivity index (χ3n) is 5.89. The molecule has 0 aliphatic carbocycles. The van der Waals surface area contributed by atoms with Gasteiger partial charge in [-0.15, -0.1) is 0 Å². The van der Waals surface area contributed by atoms with Gasteiger partial charge < -0.3 is 10.1 Å².